The van der Waals surface area contributed by atoms with Crippen LogP contribution in [-0.4, -0.2) is 46.0 Å². The highest BCUT2D eigenvalue weighted by molar-refractivity contribution is 7.89. The lowest BCUT2D eigenvalue weighted by molar-refractivity contribution is 0.311. The minimum absolute atomic E-state index is 0.129. The third kappa shape index (κ3) is 4.67. The Balaban J connectivity index is 2.08. The van der Waals surface area contributed by atoms with Gasteiger partial charge in [-0.05, 0) is 51.0 Å². The fourth-order valence-electron chi connectivity index (χ4n) is 2.25. The molecule has 1 aromatic carbocycles. The molecule has 0 aliphatic carbocycles. The largest absolute Gasteiger partial charge is 0.368 e. The number of aromatic nitrogens is 1. The van der Waals surface area contributed by atoms with Gasteiger partial charge in [-0.15, -0.1) is 0 Å². The third-order valence-corrected chi connectivity index (χ3v) is 5.32. The number of sulfonamides is 1. The van der Waals surface area contributed by atoms with E-state index >= 15 is 0 Å². The Bertz CT molecular complexity index is 762. The molecule has 6 nitrogen and oxygen atoms in total. The summed E-state index contributed by atoms with van der Waals surface area (Å²) in [5.41, 5.74) is 1.13. The second-order valence-corrected chi connectivity index (χ2v) is 7.82. The summed E-state index contributed by atoms with van der Waals surface area (Å²) in [5.74, 6) is 0.617. The van der Waals surface area contributed by atoms with Crippen molar-refractivity contribution >= 4 is 27.4 Å². The van der Waals surface area contributed by atoms with Gasteiger partial charge in [0.1, 0.15) is 10.7 Å². The summed E-state index contributed by atoms with van der Waals surface area (Å²) >= 11 is 5.94. The second kappa shape index (κ2) is 7.94. The lowest BCUT2D eigenvalue weighted by atomic mass is 10.1. The van der Waals surface area contributed by atoms with E-state index in [4.69, 9.17) is 11.6 Å². The normalized spacial score (nSPS) is 13.0. The van der Waals surface area contributed by atoms with Crippen LogP contribution < -0.4 is 10.0 Å². The van der Waals surface area contributed by atoms with Crippen molar-refractivity contribution in [2.24, 2.45) is 0 Å². The van der Waals surface area contributed by atoms with Crippen molar-refractivity contribution in [2.75, 3.05) is 33.0 Å². The number of benzene rings is 1. The number of hydrogen-bond donors (Lipinski definition) is 2. The van der Waals surface area contributed by atoms with Crippen LogP contribution in [0.15, 0.2) is 47.5 Å². The van der Waals surface area contributed by atoms with Crippen molar-refractivity contribution in [1.82, 2.24) is 14.6 Å². The van der Waals surface area contributed by atoms with E-state index in [2.05, 4.69) is 19.9 Å². The maximum atomic E-state index is 11.7. The van der Waals surface area contributed by atoms with Gasteiger partial charge in [0.15, 0.2) is 0 Å². The zero-order valence-corrected chi connectivity index (χ0v) is 15.4. The smallest absolute Gasteiger partial charge is 0.241 e. The Kier molecular flexibility index (Phi) is 6.17. The van der Waals surface area contributed by atoms with Crippen LogP contribution in [0.3, 0.4) is 0 Å². The van der Waals surface area contributed by atoms with Crippen LogP contribution in [0.4, 0.5) is 5.82 Å². The number of rotatable bonds is 7. The molecule has 24 heavy (non-hydrogen) atoms. The first kappa shape index (κ1) is 18.7. The molecule has 2 rings (SSSR count). The number of anilines is 1. The first-order valence-corrected chi connectivity index (χ1v) is 9.25. The molecule has 0 saturated heterocycles. The summed E-state index contributed by atoms with van der Waals surface area (Å²) < 4.78 is 25.6. The number of hydrogen-bond acceptors (Lipinski definition) is 5. The average molecular weight is 369 g/mol. The van der Waals surface area contributed by atoms with Gasteiger partial charge < -0.3 is 10.2 Å². The zero-order chi connectivity index (χ0) is 17.7. The second-order valence-electron chi connectivity index (χ2n) is 5.50. The molecule has 1 aromatic heterocycles. The molecule has 0 amide bonds. The first-order chi connectivity index (χ1) is 11.3. The fraction of sp³-hybridized carbons (Fsp3) is 0.312. The topological polar surface area (TPSA) is 74.3 Å². The molecule has 0 saturated carbocycles. The van der Waals surface area contributed by atoms with Crippen LogP contribution in [0, 0.1) is 0 Å². The molecular weight excluding hydrogens is 348 g/mol. The summed E-state index contributed by atoms with van der Waals surface area (Å²) in [4.78, 5) is 6.39. The van der Waals surface area contributed by atoms with Crippen LogP contribution in [0.1, 0.15) is 11.6 Å². The average Bonchev–Trinajstić information content (AvgIpc) is 2.57. The molecule has 0 aliphatic heterocycles. The van der Waals surface area contributed by atoms with E-state index in [1.54, 1.807) is 6.07 Å². The van der Waals surface area contributed by atoms with Gasteiger partial charge in [-0.1, -0.05) is 23.7 Å². The SMILES string of the molecule is CNS(=O)(=O)c1ccc(NCC(c2ccc(Cl)cc2)N(C)C)nc1. The first-order valence-electron chi connectivity index (χ1n) is 7.39. The highest BCUT2D eigenvalue weighted by Gasteiger charge is 2.15. The van der Waals surface area contributed by atoms with Crippen LogP contribution in [0.5, 0.6) is 0 Å². The summed E-state index contributed by atoms with van der Waals surface area (Å²) in [5, 5.41) is 3.94. The molecule has 1 atom stereocenters. The minimum atomic E-state index is -3.47. The van der Waals surface area contributed by atoms with Gasteiger partial charge in [0.05, 0.1) is 6.04 Å². The Hall–Kier alpha value is -1.67. The van der Waals surface area contributed by atoms with Crippen molar-refractivity contribution in [3.05, 3.63) is 53.2 Å². The minimum Gasteiger partial charge on any atom is -0.368 e. The van der Waals surface area contributed by atoms with E-state index in [0.717, 1.165) is 5.56 Å². The zero-order valence-electron chi connectivity index (χ0n) is 13.8. The van der Waals surface area contributed by atoms with E-state index in [1.807, 2.05) is 38.4 Å². The number of pyridine rings is 1. The maximum Gasteiger partial charge on any atom is 0.241 e. The molecule has 8 heteroatoms. The van der Waals surface area contributed by atoms with E-state index < -0.39 is 10.0 Å². The lowest BCUT2D eigenvalue weighted by Crippen LogP contribution is -2.27. The Morgan fingerprint density at radius 1 is 1.17 bits per heavy atom. The predicted octanol–water partition coefficient (Wildman–Crippen LogP) is 2.36. The monoisotopic (exact) mass is 368 g/mol. The molecule has 0 spiro atoms. The van der Waals surface area contributed by atoms with E-state index in [0.29, 0.717) is 17.4 Å². The third-order valence-electron chi connectivity index (χ3n) is 3.67. The molecule has 1 unspecified atom stereocenters. The molecule has 130 valence electrons. The quantitative estimate of drug-likeness (QED) is 0.784. The van der Waals surface area contributed by atoms with Crippen LogP contribution in [-0.2, 0) is 10.0 Å². The van der Waals surface area contributed by atoms with Gasteiger partial charge in [-0.2, -0.15) is 0 Å². The molecule has 0 radical (unpaired) electrons. The van der Waals surface area contributed by atoms with E-state index in [1.165, 1.54) is 19.3 Å². The van der Waals surface area contributed by atoms with Crippen LogP contribution >= 0.6 is 11.6 Å². The van der Waals surface area contributed by atoms with Gasteiger partial charge in [0.2, 0.25) is 10.0 Å². The van der Waals surface area contributed by atoms with Gasteiger partial charge in [-0.25, -0.2) is 18.1 Å². The summed E-state index contributed by atoms with van der Waals surface area (Å²) in [6.45, 7) is 0.625. The predicted molar refractivity (Wildman–Crippen MR) is 96.9 cm³/mol. The van der Waals surface area contributed by atoms with Gasteiger partial charge in [0, 0.05) is 17.8 Å². The summed E-state index contributed by atoms with van der Waals surface area (Å²) in [6.07, 6.45) is 1.33. The highest BCUT2D eigenvalue weighted by atomic mass is 35.5. The van der Waals surface area contributed by atoms with Crippen molar-refractivity contribution in [3.8, 4) is 0 Å². The molecule has 1 heterocycles. The molecule has 2 aromatic rings. The van der Waals surface area contributed by atoms with E-state index in [-0.39, 0.29) is 10.9 Å². The van der Waals surface area contributed by atoms with Gasteiger partial charge in [-0.3, -0.25) is 0 Å². The number of halogens is 1. The number of nitrogens with one attached hydrogen (secondary N) is 2. The van der Waals surface area contributed by atoms with Gasteiger partial charge in [0.25, 0.3) is 0 Å². The molecule has 0 bridgehead atoms. The number of nitrogens with zero attached hydrogens (tertiary/aromatic N) is 2. The van der Waals surface area contributed by atoms with Crippen molar-refractivity contribution < 1.29 is 8.42 Å². The Labute approximate surface area is 147 Å². The molecule has 0 fully saturated rings. The van der Waals surface area contributed by atoms with Crippen molar-refractivity contribution in [2.45, 2.75) is 10.9 Å². The van der Waals surface area contributed by atoms with Gasteiger partial charge >= 0.3 is 0 Å². The maximum absolute atomic E-state index is 11.7. The lowest BCUT2D eigenvalue weighted by Gasteiger charge is -2.25. The summed E-state index contributed by atoms with van der Waals surface area (Å²) in [7, 11) is 1.90. The summed E-state index contributed by atoms with van der Waals surface area (Å²) in [6, 6.07) is 11.0. The van der Waals surface area contributed by atoms with E-state index in [9.17, 15) is 8.42 Å². The van der Waals surface area contributed by atoms with Crippen molar-refractivity contribution in [1.29, 1.82) is 0 Å². The molecular formula is C16H21ClN4O2S. The van der Waals surface area contributed by atoms with Crippen LogP contribution in [0.2, 0.25) is 5.02 Å². The molecule has 2 N–H and O–H groups in total. The Morgan fingerprint density at radius 2 is 1.83 bits per heavy atom. The highest BCUT2D eigenvalue weighted by Crippen LogP contribution is 2.21. The standard InChI is InChI=1S/C16H21ClN4O2S/c1-18-24(22,23)14-8-9-16(19-10-14)20-11-15(21(2)3)12-4-6-13(17)7-5-12/h4-10,15,18H,11H2,1-3H3,(H,19,20). The fourth-order valence-corrected chi connectivity index (χ4v) is 3.05. The van der Waals surface area contributed by atoms with Crippen molar-refractivity contribution in [3.63, 3.8) is 0 Å². The molecule has 0 aliphatic rings. The Morgan fingerprint density at radius 3 is 2.33 bits per heavy atom. The van der Waals surface area contributed by atoms with Crippen LogP contribution in [0.25, 0.3) is 0 Å². The number of likely N-dealkylation sites (N-methyl/N-ethyl adjacent to an activating group) is 1.